The molecule has 0 saturated carbocycles. The second-order valence-corrected chi connectivity index (χ2v) is 6.19. The lowest BCUT2D eigenvalue weighted by atomic mass is 10.1. The number of hydrogen-bond donors (Lipinski definition) is 2. The van der Waals surface area contributed by atoms with Crippen molar-refractivity contribution in [3.05, 3.63) is 53.3 Å². The third kappa shape index (κ3) is 5.98. The van der Waals surface area contributed by atoms with Crippen LogP contribution < -0.4 is 20.1 Å². The summed E-state index contributed by atoms with van der Waals surface area (Å²) in [5, 5.41) is 5.01. The number of urea groups is 1. The van der Waals surface area contributed by atoms with E-state index < -0.39 is 24.6 Å². The van der Waals surface area contributed by atoms with Crippen molar-refractivity contribution in [2.75, 3.05) is 25.3 Å². The van der Waals surface area contributed by atoms with E-state index in [4.69, 9.17) is 14.2 Å². The highest BCUT2D eigenvalue weighted by molar-refractivity contribution is 5.90. The number of nitrogens with one attached hydrogen (secondary N) is 2. The molecule has 2 amide bonds. The Hall–Kier alpha value is -3.01. The van der Waals surface area contributed by atoms with Crippen LogP contribution in [0.2, 0.25) is 0 Å². The third-order valence-corrected chi connectivity index (χ3v) is 3.96. The summed E-state index contributed by atoms with van der Waals surface area (Å²) in [6, 6.07) is 7.80. The van der Waals surface area contributed by atoms with E-state index in [-0.39, 0.29) is 31.4 Å². The molecular formula is C19H18F4N2O4. The number of fused-ring (bicyclic) bond motifs is 1. The number of hydrogen-bond acceptors (Lipinski definition) is 4. The zero-order chi connectivity index (χ0) is 20.9. The van der Waals surface area contributed by atoms with Gasteiger partial charge in [-0.25, -0.2) is 9.18 Å². The normalized spacial score (nSPS) is 13.2. The lowest BCUT2D eigenvalue weighted by Crippen LogP contribution is -2.31. The van der Waals surface area contributed by atoms with Gasteiger partial charge in [0.1, 0.15) is 17.3 Å². The van der Waals surface area contributed by atoms with Gasteiger partial charge in [-0.1, -0.05) is 12.1 Å². The first kappa shape index (κ1) is 20.7. The Labute approximate surface area is 163 Å². The van der Waals surface area contributed by atoms with Crippen molar-refractivity contribution < 1.29 is 36.6 Å². The Bertz CT molecular complexity index is 874. The predicted molar refractivity (Wildman–Crippen MR) is 95.4 cm³/mol. The SMILES string of the molecule is O=C(NCCc1cc(F)cc2c1OCOC2)Nc1ccccc1OCC(F)(F)F. The highest BCUT2D eigenvalue weighted by atomic mass is 19.4. The first-order chi connectivity index (χ1) is 13.8. The molecule has 2 aromatic carbocycles. The summed E-state index contributed by atoms with van der Waals surface area (Å²) in [5.74, 6) is -0.00799. The molecule has 2 aromatic rings. The molecule has 0 saturated heterocycles. The van der Waals surface area contributed by atoms with Gasteiger partial charge < -0.3 is 24.8 Å². The Morgan fingerprint density at radius 3 is 2.79 bits per heavy atom. The van der Waals surface area contributed by atoms with Gasteiger partial charge >= 0.3 is 12.2 Å². The molecule has 3 rings (SSSR count). The maximum atomic E-state index is 13.7. The lowest BCUT2D eigenvalue weighted by Gasteiger charge is -2.21. The molecule has 1 aliphatic rings. The van der Waals surface area contributed by atoms with E-state index in [1.54, 1.807) is 6.07 Å². The molecule has 1 heterocycles. The van der Waals surface area contributed by atoms with Crippen LogP contribution >= 0.6 is 0 Å². The summed E-state index contributed by atoms with van der Waals surface area (Å²) in [6.45, 7) is -1.02. The molecule has 0 aromatic heterocycles. The smallest absolute Gasteiger partial charge is 0.422 e. The minimum atomic E-state index is -4.49. The summed E-state index contributed by atoms with van der Waals surface area (Å²) < 4.78 is 66.0. The second kappa shape index (κ2) is 8.99. The maximum absolute atomic E-state index is 13.7. The molecule has 0 aliphatic carbocycles. The molecule has 156 valence electrons. The highest BCUT2D eigenvalue weighted by Crippen LogP contribution is 2.30. The first-order valence-electron chi connectivity index (χ1n) is 8.67. The molecule has 2 N–H and O–H groups in total. The predicted octanol–water partition coefficient (Wildman–Crippen LogP) is 4.00. The number of ether oxygens (including phenoxy) is 3. The number of carbonyl (C=O) groups excluding carboxylic acids is 1. The molecule has 0 spiro atoms. The van der Waals surface area contributed by atoms with E-state index in [9.17, 15) is 22.4 Å². The van der Waals surface area contributed by atoms with Crippen LogP contribution in [0.15, 0.2) is 36.4 Å². The van der Waals surface area contributed by atoms with E-state index in [0.29, 0.717) is 23.3 Å². The second-order valence-electron chi connectivity index (χ2n) is 6.19. The Morgan fingerprint density at radius 1 is 1.21 bits per heavy atom. The molecule has 6 nitrogen and oxygen atoms in total. The maximum Gasteiger partial charge on any atom is 0.422 e. The summed E-state index contributed by atoms with van der Waals surface area (Å²) in [4.78, 5) is 12.1. The Kier molecular flexibility index (Phi) is 6.42. The van der Waals surface area contributed by atoms with Crippen molar-refractivity contribution in [3.63, 3.8) is 0 Å². The minimum absolute atomic E-state index is 0.0637. The monoisotopic (exact) mass is 414 g/mol. The highest BCUT2D eigenvalue weighted by Gasteiger charge is 2.29. The van der Waals surface area contributed by atoms with Crippen molar-refractivity contribution in [3.8, 4) is 11.5 Å². The van der Waals surface area contributed by atoms with Crippen LogP contribution in [-0.4, -0.2) is 32.2 Å². The van der Waals surface area contributed by atoms with Crippen LogP contribution in [0, 0.1) is 5.82 Å². The number of carbonyl (C=O) groups is 1. The number of alkyl halides is 3. The quantitative estimate of drug-likeness (QED) is 0.702. The Morgan fingerprint density at radius 2 is 2.00 bits per heavy atom. The van der Waals surface area contributed by atoms with E-state index in [0.717, 1.165) is 0 Å². The van der Waals surface area contributed by atoms with Crippen molar-refractivity contribution in [2.24, 2.45) is 0 Å². The summed E-state index contributed by atoms with van der Waals surface area (Å²) in [5.41, 5.74) is 1.27. The number of benzene rings is 2. The van der Waals surface area contributed by atoms with Gasteiger partial charge in [0.2, 0.25) is 0 Å². The van der Waals surface area contributed by atoms with Crippen molar-refractivity contribution in [1.29, 1.82) is 0 Å². The van der Waals surface area contributed by atoms with E-state index in [1.165, 1.54) is 30.3 Å². The fourth-order valence-corrected chi connectivity index (χ4v) is 2.77. The first-order valence-corrected chi connectivity index (χ1v) is 8.67. The Balaban J connectivity index is 1.56. The third-order valence-electron chi connectivity index (χ3n) is 3.96. The van der Waals surface area contributed by atoms with Gasteiger partial charge in [0, 0.05) is 12.1 Å². The van der Waals surface area contributed by atoms with Crippen molar-refractivity contribution in [1.82, 2.24) is 5.32 Å². The number of halogens is 4. The zero-order valence-corrected chi connectivity index (χ0v) is 15.1. The largest absolute Gasteiger partial charge is 0.482 e. The molecular weight excluding hydrogens is 396 g/mol. The number of anilines is 1. The number of amides is 2. The van der Waals surface area contributed by atoms with Crippen LogP contribution in [-0.2, 0) is 17.8 Å². The van der Waals surface area contributed by atoms with Gasteiger partial charge in [-0.3, -0.25) is 0 Å². The van der Waals surface area contributed by atoms with Crippen LogP contribution in [0.3, 0.4) is 0 Å². The van der Waals surface area contributed by atoms with Gasteiger partial charge in [0.15, 0.2) is 13.4 Å². The lowest BCUT2D eigenvalue weighted by molar-refractivity contribution is -0.153. The molecule has 29 heavy (non-hydrogen) atoms. The number of para-hydroxylation sites is 2. The van der Waals surface area contributed by atoms with Crippen LogP contribution in [0.25, 0.3) is 0 Å². The standard InChI is InChI=1S/C19H18F4N2O4/c20-14-7-12(17-13(8-14)9-27-11-29-17)5-6-24-18(26)25-15-3-1-2-4-16(15)28-10-19(21,22)23/h1-4,7-8H,5-6,9-11H2,(H2,24,25,26). The van der Waals surface area contributed by atoms with Gasteiger partial charge in [0.05, 0.1) is 12.3 Å². The molecule has 10 heteroatoms. The van der Waals surface area contributed by atoms with Crippen LogP contribution in [0.4, 0.5) is 28.0 Å². The molecule has 0 fully saturated rings. The molecule has 0 unspecified atom stereocenters. The van der Waals surface area contributed by atoms with Crippen LogP contribution in [0.5, 0.6) is 11.5 Å². The molecule has 0 radical (unpaired) electrons. The average molecular weight is 414 g/mol. The molecule has 0 bridgehead atoms. The number of rotatable bonds is 6. The van der Waals surface area contributed by atoms with Gasteiger partial charge in [-0.15, -0.1) is 0 Å². The zero-order valence-electron chi connectivity index (χ0n) is 15.1. The molecule has 0 atom stereocenters. The van der Waals surface area contributed by atoms with Gasteiger partial charge in [-0.2, -0.15) is 13.2 Å². The molecule has 1 aliphatic heterocycles. The van der Waals surface area contributed by atoms with E-state index in [2.05, 4.69) is 10.6 Å². The van der Waals surface area contributed by atoms with E-state index in [1.807, 2.05) is 0 Å². The fraction of sp³-hybridized carbons (Fsp3) is 0.316. The van der Waals surface area contributed by atoms with Crippen LogP contribution in [0.1, 0.15) is 11.1 Å². The fourth-order valence-electron chi connectivity index (χ4n) is 2.77. The minimum Gasteiger partial charge on any atom is -0.482 e. The van der Waals surface area contributed by atoms with Crippen molar-refractivity contribution in [2.45, 2.75) is 19.2 Å². The van der Waals surface area contributed by atoms with Gasteiger partial charge in [0.25, 0.3) is 0 Å². The topological polar surface area (TPSA) is 68.8 Å². The average Bonchev–Trinajstić information content (AvgIpc) is 2.66. The van der Waals surface area contributed by atoms with Gasteiger partial charge in [-0.05, 0) is 36.2 Å². The summed E-state index contributed by atoms with van der Waals surface area (Å²) in [6.07, 6.45) is -4.20. The van der Waals surface area contributed by atoms with Crippen molar-refractivity contribution >= 4 is 11.7 Å². The summed E-state index contributed by atoms with van der Waals surface area (Å²) >= 11 is 0. The summed E-state index contributed by atoms with van der Waals surface area (Å²) in [7, 11) is 0. The van der Waals surface area contributed by atoms with E-state index >= 15 is 0 Å².